The molecule has 3 N–H and O–H groups in total. The summed E-state index contributed by atoms with van der Waals surface area (Å²) in [6.07, 6.45) is 6.80. The van der Waals surface area contributed by atoms with Crippen LogP contribution in [0.25, 0.3) is 11.6 Å². The van der Waals surface area contributed by atoms with Crippen molar-refractivity contribution in [3.63, 3.8) is 0 Å². The van der Waals surface area contributed by atoms with E-state index in [1.807, 2.05) is 6.08 Å². The molecule has 1 aromatic carbocycles. The molecule has 0 aromatic heterocycles. The Morgan fingerprint density at radius 3 is 3.05 bits per heavy atom. The van der Waals surface area contributed by atoms with E-state index in [0.717, 1.165) is 53.5 Å². The van der Waals surface area contributed by atoms with E-state index < -0.39 is 0 Å². The first-order chi connectivity index (χ1) is 10.8. The number of anilines is 1. The molecule has 0 aliphatic carbocycles. The van der Waals surface area contributed by atoms with Crippen molar-refractivity contribution in [1.82, 2.24) is 10.6 Å². The third kappa shape index (κ3) is 2.52. The number of hydrogen-bond donors (Lipinski definition) is 3. The second-order valence-electron chi connectivity index (χ2n) is 5.87. The molecule has 1 atom stereocenters. The molecule has 3 aliphatic heterocycles. The Kier molecular flexibility index (Phi) is 3.42. The van der Waals surface area contributed by atoms with Crippen LogP contribution in [0.4, 0.5) is 10.1 Å². The van der Waals surface area contributed by atoms with Crippen molar-refractivity contribution in [3.8, 4) is 0 Å². The van der Waals surface area contributed by atoms with Gasteiger partial charge < -0.3 is 16.0 Å². The summed E-state index contributed by atoms with van der Waals surface area (Å²) in [5.74, 6) is -0.277. The highest BCUT2D eigenvalue weighted by atomic mass is 19.1. The summed E-state index contributed by atoms with van der Waals surface area (Å²) < 4.78 is 13.5. The summed E-state index contributed by atoms with van der Waals surface area (Å²) in [5.41, 5.74) is 3.02. The maximum atomic E-state index is 13.5. The number of halogens is 1. The van der Waals surface area contributed by atoms with Gasteiger partial charge in [0, 0.05) is 24.4 Å². The molecule has 3 aliphatic rings. The number of nitrogens with one attached hydrogen (secondary N) is 3. The highest BCUT2D eigenvalue weighted by molar-refractivity contribution is 5.77. The third-order valence-corrected chi connectivity index (χ3v) is 4.33. The van der Waals surface area contributed by atoms with Crippen molar-refractivity contribution >= 4 is 17.3 Å². The van der Waals surface area contributed by atoms with Crippen LogP contribution in [0.3, 0.4) is 0 Å². The van der Waals surface area contributed by atoms with Gasteiger partial charge in [-0.25, -0.2) is 0 Å². The Morgan fingerprint density at radius 1 is 1.27 bits per heavy atom. The van der Waals surface area contributed by atoms with Crippen molar-refractivity contribution in [2.75, 3.05) is 31.5 Å². The summed E-state index contributed by atoms with van der Waals surface area (Å²) >= 11 is 0. The van der Waals surface area contributed by atoms with E-state index in [4.69, 9.17) is 0 Å². The Hall–Kier alpha value is -2.14. The van der Waals surface area contributed by atoms with E-state index in [-0.39, 0.29) is 5.95 Å². The first kappa shape index (κ1) is 13.5. The van der Waals surface area contributed by atoms with E-state index >= 15 is 0 Å². The average molecular weight is 298 g/mol. The molecule has 1 saturated heterocycles. The Labute approximate surface area is 128 Å². The van der Waals surface area contributed by atoms with Gasteiger partial charge in [0.05, 0.1) is 17.6 Å². The minimum absolute atomic E-state index is 0.277. The second-order valence-corrected chi connectivity index (χ2v) is 5.87. The predicted octanol–water partition coefficient (Wildman–Crippen LogP) is 0.672. The lowest BCUT2D eigenvalue weighted by atomic mass is 10.0. The van der Waals surface area contributed by atoms with Crippen LogP contribution in [0.1, 0.15) is 12.0 Å². The molecule has 4 nitrogen and oxygen atoms in total. The number of benzene rings is 1. The van der Waals surface area contributed by atoms with Crippen LogP contribution in [0.15, 0.2) is 35.2 Å². The molecule has 4 rings (SSSR count). The zero-order valence-corrected chi connectivity index (χ0v) is 12.3. The molecule has 1 unspecified atom stereocenters. The predicted molar refractivity (Wildman–Crippen MR) is 86.6 cm³/mol. The van der Waals surface area contributed by atoms with E-state index in [1.165, 1.54) is 0 Å². The fraction of sp³-hybridized carbons (Fsp3) is 0.353. The number of nitrogens with zero attached hydrogens (tertiary/aromatic N) is 1. The number of hydrogen-bond acceptors (Lipinski definition) is 4. The summed E-state index contributed by atoms with van der Waals surface area (Å²) in [6.45, 7) is 3.27. The minimum atomic E-state index is -0.277. The average Bonchev–Trinajstić information content (AvgIpc) is 3.18. The molecule has 1 aromatic rings. The van der Waals surface area contributed by atoms with Crippen molar-refractivity contribution in [2.45, 2.75) is 12.5 Å². The summed E-state index contributed by atoms with van der Waals surface area (Å²) in [4.78, 5) is 4.58. The Morgan fingerprint density at radius 2 is 2.23 bits per heavy atom. The highest BCUT2D eigenvalue weighted by Crippen LogP contribution is 2.21. The van der Waals surface area contributed by atoms with Crippen LogP contribution in [0.2, 0.25) is 0 Å². The van der Waals surface area contributed by atoms with Crippen LogP contribution in [0.5, 0.6) is 0 Å². The van der Waals surface area contributed by atoms with Crippen LogP contribution in [-0.4, -0.2) is 32.2 Å². The van der Waals surface area contributed by atoms with Crippen molar-refractivity contribution in [3.05, 3.63) is 46.4 Å². The van der Waals surface area contributed by atoms with Gasteiger partial charge in [-0.05, 0) is 42.3 Å². The molecule has 5 heteroatoms. The first-order valence-corrected chi connectivity index (χ1v) is 7.77. The molecular weight excluding hydrogens is 279 g/mol. The smallest absolute Gasteiger partial charge is 0.187 e. The van der Waals surface area contributed by atoms with Crippen LogP contribution in [-0.2, 0) is 0 Å². The molecule has 22 heavy (non-hydrogen) atoms. The van der Waals surface area contributed by atoms with Crippen LogP contribution < -0.4 is 26.5 Å². The quantitative estimate of drug-likeness (QED) is 0.719. The standard InChI is InChI=1S/C17H19FN4/c18-16-9-11(1-5-20-16)13-7-12-2-6-21-17(12)15(8-13)22-14-3-4-19-10-14/h1-2,7-9,14,19-20,22H,3-6,10H2. The fourth-order valence-corrected chi connectivity index (χ4v) is 3.20. The molecule has 0 radical (unpaired) electrons. The third-order valence-electron chi connectivity index (χ3n) is 4.33. The number of allylic oxidation sites excluding steroid dienone is 2. The lowest BCUT2D eigenvalue weighted by Gasteiger charge is -2.16. The maximum absolute atomic E-state index is 13.5. The molecule has 1 fully saturated rings. The van der Waals surface area contributed by atoms with Gasteiger partial charge in [0.25, 0.3) is 0 Å². The van der Waals surface area contributed by atoms with Gasteiger partial charge in [-0.1, -0.05) is 12.2 Å². The van der Waals surface area contributed by atoms with Gasteiger partial charge in [-0.15, -0.1) is 0 Å². The number of dihydropyridines is 1. The highest BCUT2D eigenvalue weighted by Gasteiger charge is 2.17. The number of rotatable bonds is 3. The van der Waals surface area contributed by atoms with Gasteiger partial charge in [-0.2, -0.15) is 4.39 Å². The lowest BCUT2D eigenvalue weighted by Crippen LogP contribution is -2.31. The molecular formula is C17H19FN4. The zero-order chi connectivity index (χ0) is 14.9. The SMILES string of the molecule is FC1=CC(c2cc(NC3CCNC3)c3c(c2)=CCN=3)=CCN1. The minimum Gasteiger partial charge on any atom is -0.379 e. The van der Waals surface area contributed by atoms with Crippen molar-refractivity contribution in [2.24, 2.45) is 4.99 Å². The van der Waals surface area contributed by atoms with E-state index in [1.54, 1.807) is 6.08 Å². The molecule has 0 spiro atoms. The van der Waals surface area contributed by atoms with Crippen molar-refractivity contribution in [1.29, 1.82) is 0 Å². The summed E-state index contributed by atoms with van der Waals surface area (Å²) in [6, 6.07) is 4.63. The molecule has 3 heterocycles. The lowest BCUT2D eigenvalue weighted by molar-refractivity contribution is 0.557. The van der Waals surface area contributed by atoms with E-state index in [0.29, 0.717) is 12.6 Å². The van der Waals surface area contributed by atoms with Gasteiger partial charge >= 0.3 is 0 Å². The van der Waals surface area contributed by atoms with E-state index in [9.17, 15) is 4.39 Å². The molecule has 0 saturated carbocycles. The zero-order valence-electron chi connectivity index (χ0n) is 12.3. The first-order valence-electron chi connectivity index (χ1n) is 7.77. The van der Waals surface area contributed by atoms with Crippen molar-refractivity contribution < 1.29 is 4.39 Å². The second kappa shape index (κ2) is 5.57. The van der Waals surface area contributed by atoms with Gasteiger partial charge in [0.1, 0.15) is 0 Å². The molecule has 114 valence electrons. The summed E-state index contributed by atoms with van der Waals surface area (Å²) in [5, 5.41) is 11.8. The topological polar surface area (TPSA) is 48.5 Å². The maximum Gasteiger partial charge on any atom is 0.187 e. The summed E-state index contributed by atoms with van der Waals surface area (Å²) in [7, 11) is 0. The van der Waals surface area contributed by atoms with Gasteiger partial charge in [-0.3, -0.25) is 4.99 Å². The monoisotopic (exact) mass is 298 g/mol. The normalized spacial score (nSPS) is 22.9. The molecule has 0 bridgehead atoms. The fourth-order valence-electron chi connectivity index (χ4n) is 3.20. The van der Waals surface area contributed by atoms with Crippen LogP contribution >= 0.6 is 0 Å². The largest absolute Gasteiger partial charge is 0.379 e. The van der Waals surface area contributed by atoms with E-state index in [2.05, 4.69) is 39.2 Å². The van der Waals surface area contributed by atoms with Gasteiger partial charge in [0.2, 0.25) is 0 Å². The Balaban J connectivity index is 1.75. The van der Waals surface area contributed by atoms with Gasteiger partial charge in [0.15, 0.2) is 5.95 Å². The van der Waals surface area contributed by atoms with Crippen LogP contribution in [0, 0.1) is 0 Å². The number of fused-ring (bicyclic) bond motifs is 1. The Bertz CT molecular complexity index is 773. The molecule has 0 amide bonds.